The van der Waals surface area contributed by atoms with Crippen LogP contribution in [0, 0.1) is 11.6 Å². The molecule has 1 saturated heterocycles. The Morgan fingerprint density at radius 3 is 2.54 bits per heavy atom. The highest BCUT2D eigenvalue weighted by molar-refractivity contribution is 5.89. The van der Waals surface area contributed by atoms with E-state index in [0.29, 0.717) is 26.2 Å². The fourth-order valence-electron chi connectivity index (χ4n) is 2.67. The summed E-state index contributed by atoms with van der Waals surface area (Å²) in [6, 6.07) is 4.58. The average molecular weight is 362 g/mol. The molecule has 138 valence electrons. The summed E-state index contributed by atoms with van der Waals surface area (Å²) >= 11 is 0. The van der Waals surface area contributed by atoms with Crippen LogP contribution >= 0.6 is 0 Å². The van der Waals surface area contributed by atoms with E-state index in [9.17, 15) is 13.6 Å². The molecule has 2 amide bonds. The fraction of sp³-hybridized carbons (Fsp3) is 0.353. The van der Waals surface area contributed by atoms with Crippen LogP contribution in [0.3, 0.4) is 0 Å². The van der Waals surface area contributed by atoms with Crippen LogP contribution in [0.4, 0.5) is 30.8 Å². The minimum absolute atomic E-state index is 0.0385. The van der Waals surface area contributed by atoms with Crippen LogP contribution in [0.2, 0.25) is 0 Å². The molecule has 1 aliphatic heterocycles. The Bertz CT molecular complexity index is 793. The van der Waals surface area contributed by atoms with Gasteiger partial charge in [0, 0.05) is 52.4 Å². The molecule has 7 nitrogen and oxygen atoms in total. The molecule has 1 aromatic carbocycles. The number of nitrogens with zero attached hydrogens (tertiary/aromatic N) is 5. The maximum Gasteiger partial charge on any atom is 0.322 e. The summed E-state index contributed by atoms with van der Waals surface area (Å²) in [6.07, 6.45) is 1.68. The number of anilines is 3. The normalized spacial score (nSPS) is 14.3. The first kappa shape index (κ1) is 17.8. The number of amides is 2. The predicted octanol–water partition coefficient (Wildman–Crippen LogP) is 2.17. The fourth-order valence-corrected chi connectivity index (χ4v) is 2.67. The number of urea groups is 1. The van der Waals surface area contributed by atoms with Gasteiger partial charge in [-0.1, -0.05) is 0 Å². The van der Waals surface area contributed by atoms with Gasteiger partial charge in [-0.05, 0) is 12.1 Å². The second-order valence-electron chi connectivity index (χ2n) is 6.19. The average Bonchev–Trinajstić information content (AvgIpc) is 2.64. The molecule has 1 fully saturated rings. The van der Waals surface area contributed by atoms with E-state index in [1.165, 1.54) is 6.07 Å². The third-order valence-electron chi connectivity index (χ3n) is 4.21. The summed E-state index contributed by atoms with van der Waals surface area (Å²) in [5.41, 5.74) is 0.908. The van der Waals surface area contributed by atoms with Crippen LogP contribution < -0.4 is 15.1 Å². The summed E-state index contributed by atoms with van der Waals surface area (Å²) in [4.78, 5) is 17.9. The monoisotopic (exact) mass is 362 g/mol. The van der Waals surface area contributed by atoms with Gasteiger partial charge in [-0.2, -0.15) is 5.10 Å². The highest BCUT2D eigenvalue weighted by atomic mass is 19.1. The second kappa shape index (κ2) is 7.51. The largest absolute Gasteiger partial charge is 0.376 e. The van der Waals surface area contributed by atoms with Crippen molar-refractivity contribution in [3.63, 3.8) is 0 Å². The van der Waals surface area contributed by atoms with Crippen molar-refractivity contribution < 1.29 is 13.6 Å². The molecule has 0 aliphatic carbocycles. The van der Waals surface area contributed by atoms with Gasteiger partial charge in [0.15, 0.2) is 5.82 Å². The zero-order chi connectivity index (χ0) is 18.7. The zero-order valence-corrected chi connectivity index (χ0v) is 14.6. The quantitative estimate of drug-likeness (QED) is 0.907. The molecule has 0 spiro atoms. The van der Waals surface area contributed by atoms with E-state index in [-0.39, 0.29) is 5.69 Å². The van der Waals surface area contributed by atoms with Gasteiger partial charge in [0.25, 0.3) is 0 Å². The molecule has 26 heavy (non-hydrogen) atoms. The van der Waals surface area contributed by atoms with E-state index < -0.39 is 17.7 Å². The Balaban J connectivity index is 1.59. The number of aromatic nitrogens is 2. The number of piperazine rings is 1. The second-order valence-corrected chi connectivity index (χ2v) is 6.19. The molecule has 0 saturated carbocycles. The van der Waals surface area contributed by atoms with Gasteiger partial charge in [-0.3, -0.25) is 0 Å². The lowest BCUT2D eigenvalue weighted by molar-refractivity contribution is 0.208. The number of carbonyl (C=O) groups is 1. The van der Waals surface area contributed by atoms with Gasteiger partial charge in [-0.15, -0.1) is 5.10 Å². The Morgan fingerprint density at radius 2 is 1.88 bits per heavy atom. The number of hydrogen-bond donors (Lipinski definition) is 1. The van der Waals surface area contributed by atoms with Crippen LogP contribution in [-0.4, -0.2) is 61.4 Å². The van der Waals surface area contributed by atoms with Crippen molar-refractivity contribution in [2.75, 3.05) is 55.4 Å². The van der Waals surface area contributed by atoms with Gasteiger partial charge >= 0.3 is 6.03 Å². The molecule has 0 bridgehead atoms. The molecule has 1 N–H and O–H groups in total. The molecule has 3 rings (SSSR count). The highest BCUT2D eigenvalue weighted by Crippen LogP contribution is 2.19. The summed E-state index contributed by atoms with van der Waals surface area (Å²) in [5.74, 6) is -0.733. The van der Waals surface area contributed by atoms with Crippen molar-refractivity contribution in [1.82, 2.24) is 15.1 Å². The maximum absolute atomic E-state index is 13.7. The lowest BCUT2D eigenvalue weighted by atomic mass is 10.3. The van der Waals surface area contributed by atoms with E-state index in [1.807, 2.05) is 30.0 Å². The van der Waals surface area contributed by atoms with E-state index in [1.54, 1.807) is 11.1 Å². The Hall–Kier alpha value is -2.97. The molecule has 2 heterocycles. The minimum atomic E-state index is -0.798. The van der Waals surface area contributed by atoms with Crippen molar-refractivity contribution in [2.45, 2.75) is 0 Å². The van der Waals surface area contributed by atoms with Gasteiger partial charge in [0.05, 0.1) is 17.6 Å². The third-order valence-corrected chi connectivity index (χ3v) is 4.21. The number of hydrogen-bond acceptors (Lipinski definition) is 5. The highest BCUT2D eigenvalue weighted by Gasteiger charge is 2.23. The van der Waals surface area contributed by atoms with Crippen LogP contribution in [0.1, 0.15) is 0 Å². The van der Waals surface area contributed by atoms with Gasteiger partial charge < -0.3 is 20.0 Å². The number of carbonyl (C=O) groups excluding carboxylic acids is 1. The van der Waals surface area contributed by atoms with E-state index in [4.69, 9.17) is 0 Å². The molecule has 0 radical (unpaired) electrons. The number of benzene rings is 1. The number of halogens is 2. The lowest BCUT2D eigenvalue weighted by Crippen LogP contribution is -2.50. The smallest absolute Gasteiger partial charge is 0.322 e. The Morgan fingerprint density at radius 1 is 1.15 bits per heavy atom. The third kappa shape index (κ3) is 3.98. The molecule has 1 aromatic heterocycles. The van der Waals surface area contributed by atoms with Gasteiger partial charge in [0.1, 0.15) is 11.6 Å². The maximum atomic E-state index is 13.7. The lowest BCUT2D eigenvalue weighted by Gasteiger charge is -2.35. The summed E-state index contributed by atoms with van der Waals surface area (Å²) in [5, 5.41) is 10.6. The topological polar surface area (TPSA) is 64.6 Å². The first-order valence-electron chi connectivity index (χ1n) is 8.20. The van der Waals surface area contributed by atoms with Gasteiger partial charge in [-0.25, -0.2) is 13.6 Å². The molecule has 0 unspecified atom stereocenters. The molecule has 2 aromatic rings. The number of rotatable bonds is 3. The molecular formula is C17H20F2N6O. The summed E-state index contributed by atoms with van der Waals surface area (Å²) in [6.45, 7) is 2.10. The molecule has 9 heteroatoms. The van der Waals surface area contributed by atoms with Crippen molar-refractivity contribution in [3.05, 3.63) is 42.1 Å². The zero-order valence-electron chi connectivity index (χ0n) is 14.6. The first-order valence-corrected chi connectivity index (χ1v) is 8.20. The van der Waals surface area contributed by atoms with E-state index >= 15 is 0 Å². The van der Waals surface area contributed by atoms with E-state index in [0.717, 1.165) is 23.6 Å². The number of nitrogens with one attached hydrogen (secondary N) is 1. The van der Waals surface area contributed by atoms with Crippen molar-refractivity contribution >= 4 is 23.2 Å². The summed E-state index contributed by atoms with van der Waals surface area (Å²) in [7, 11) is 3.86. The van der Waals surface area contributed by atoms with E-state index in [2.05, 4.69) is 15.5 Å². The van der Waals surface area contributed by atoms with Crippen molar-refractivity contribution in [2.24, 2.45) is 0 Å². The predicted molar refractivity (Wildman–Crippen MR) is 95.5 cm³/mol. The molecule has 0 atom stereocenters. The Labute approximate surface area is 150 Å². The van der Waals surface area contributed by atoms with Crippen LogP contribution in [0.5, 0.6) is 0 Å². The van der Waals surface area contributed by atoms with Crippen LogP contribution in [0.25, 0.3) is 0 Å². The first-order chi connectivity index (χ1) is 12.4. The Kier molecular flexibility index (Phi) is 5.15. The molecule has 1 aliphatic rings. The standard InChI is InChI=1S/C17H20F2N6O/c1-23(2)13-10-16(22-20-11-13)24-5-7-25(8-6-24)17(26)21-15-4-3-12(18)9-14(15)19/h3-4,9-11H,5-8H2,1-2H3,(H,21,26). The van der Waals surface area contributed by atoms with Crippen molar-refractivity contribution in [1.29, 1.82) is 0 Å². The SMILES string of the molecule is CN(C)c1cnnc(N2CCN(C(=O)Nc3ccc(F)cc3F)CC2)c1. The van der Waals surface area contributed by atoms with Crippen molar-refractivity contribution in [3.8, 4) is 0 Å². The molecular weight excluding hydrogens is 342 g/mol. The van der Waals surface area contributed by atoms with Crippen LogP contribution in [0.15, 0.2) is 30.5 Å². The summed E-state index contributed by atoms with van der Waals surface area (Å²) < 4.78 is 26.6. The minimum Gasteiger partial charge on any atom is -0.376 e. The van der Waals surface area contributed by atoms with Gasteiger partial charge in [0.2, 0.25) is 0 Å². The van der Waals surface area contributed by atoms with Crippen LogP contribution in [-0.2, 0) is 0 Å².